The summed E-state index contributed by atoms with van der Waals surface area (Å²) in [5.74, 6) is 7.43. The van der Waals surface area contributed by atoms with Crippen molar-refractivity contribution in [3.63, 3.8) is 0 Å². The van der Waals surface area contributed by atoms with Gasteiger partial charge in [0.2, 0.25) is 0 Å². The Hall–Kier alpha value is -3.80. The number of aromatic nitrogens is 2. The van der Waals surface area contributed by atoms with E-state index < -0.39 is 11.7 Å². The number of rotatable bonds is 4. The zero-order valence-corrected chi connectivity index (χ0v) is 17.5. The first-order valence-electron chi connectivity index (χ1n) is 10.2. The summed E-state index contributed by atoms with van der Waals surface area (Å²) in [6, 6.07) is 12.0. The molecule has 0 radical (unpaired) electrons. The van der Waals surface area contributed by atoms with E-state index in [4.69, 9.17) is 4.74 Å². The van der Waals surface area contributed by atoms with Gasteiger partial charge in [0.25, 0.3) is 0 Å². The number of ether oxygens (including phenoxy) is 1. The highest BCUT2D eigenvalue weighted by molar-refractivity contribution is 5.47. The SMILES string of the molecule is Fc1ccc(OCC#Cc2ccc(N3CCN(c4ccc(C(F)(F)F)cn4)CC3)nc2)cc1. The van der Waals surface area contributed by atoms with E-state index in [1.54, 1.807) is 18.3 Å². The van der Waals surface area contributed by atoms with Crippen LogP contribution in [0.3, 0.4) is 0 Å². The molecule has 3 heterocycles. The largest absolute Gasteiger partial charge is 0.481 e. The first-order valence-corrected chi connectivity index (χ1v) is 10.2. The molecule has 0 spiro atoms. The van der Waals surface area contributed by atoms with E-state index in [0.29, 0.717) is 37.7 Å². The molecule has 0 bridgehead atoms. The molecule has 4 rings (SSSR count). The van der Waals surface area contributed by atoms with Crippen LogP contribution in [-0.4, -0.2) is 42.8 Å². The van der Waals surface area contributed by atoms with Gasteiger partial charge < -0.3 is 14.5 Å². The van der Waals surface area contributed by atoms with Crippen LogP contribution >= 0.6 is 0 Å². The Bertz CT molecular complexity index is 1110. The van der Waals surface area contributed by atoms with Gasteiger partial charge >= 0.3 is 6.18 Å². The van der Waals surface area contributed by atoms with Crippen LogP contribution in [0.2, 0.25) is 0 Å². The summed E-state index contributed by atoms with van der Waals surface area (Å²) < 4.78 is 56.4. The van der Waals surface area contributed by atoms with Crippen LogP contribution in [0.4, 0.5) is 29.2 Å². The van der Waals surface area contributed by atoms with Crippen LogP contribution in [0.1, 0.15) is 11.1 Å². The molecule has 0 unspecified atom stereocenters. The molecule has 0 saturated carbocycles. The maximum atomic E-state index is 12.9. The lowest BCUT2D eigenvalue weighted by Gasteiger charge is -2.36. The lowest BCUT2D eigenvalue weighted by Crippen LogP contribution is -2.47. The van der Waals surface area contributed by atoms with E-state index in [2.05, 4.69) is 26.7 Å². The van der Waals surface area contributed by atoms with Gasteiger partial charge in [-0.05, 0) is 48.5 Å². The molecule has 0 N–H and O–H groups in total. The van der Waals surface area contributed by atoms with Crippen molar-refractivity contribution >= 4 is 11.6 Å². The van der Waals surface area contributed by atoms with Gasteiger partial charge in [-0.2, -0.15) is 13.2 Å². The Morgan fingerprint density at radius 3 is 1.94 bits per heavy atom. The van der Waals surface area contributed by atoms with Crippen LogP contribution in [0, 0.1) is 17.7 Å². The third-order valence-electron chi connectivity index (χ3n) is 5.11. The number of benzene rings is 1. The van der Waals surface area contributed by atoms with Crippen molar-refractivity contribution < 1.29 is 22.3 Å². The molecule has 9 heteroatoms. The van der Waals surface area contributed by atoms with Gasteiger partial charge in [-0.1, -0.05) is 11.8 Å². The summed E-state index contributed by atoms with van der Waals surface area (Å²) in [5, 5.41) is 0. The van der Waals surface area contributed by atoms with Crippen molar-refractivity contribution in [2.24, 2.45) is 0 Å². The average Bonchev–Trinajstić information content (AvgIpc) is 2.83. The lowest BCUT2D eigenvalue weighted by atomic mass is 10.2. The smallest absolute Gasteiger partial charge is 0.417 e. The van der Waals surface area contributed by atoms with E-state index in [9.17, 15) is 17.6 Å². The summed E-state index contributed by atoms with van der Waals surface area (Å²) in [6.07, 6.45) is -1.83. The average molecular weight is 456 g/mol. The summed E-state index contributed by atoms with van der Waals surface area (Å²) in [5.41, 5.74) is -0.00617. The fourth-order valence-corrected chi connectivity index (χ4v) is 3.34. The molecule has 5 nitrogen and oxygen atoms in total. The second-order valence-electron chi connectivity index (χ2n) is 7.33. The number of halogens is 4. The monoisotopic (exact) mass is 456 g/mol. The predicted molar refractivity (Wildman–Crippen MR) is 117 cm³/mol. The number of hydrogen-bond acceptors (Lipinski definition) is 5. The summed E-state index contributed by atoms with van der Waals surface area (Å²) in [4.78, 5) is 12.5. The lowest BCUT2D eigenvalue weighted by molar-refractivity contribution is -0.137. The van der Waals surface area contributed by atoms with Crippen LogP contribution in [0.25, 0.3) is 0 Å². The fraction of sp³-hybridized carbons (Fsp3) is 0.250. The van der Waals surface area contributed by atoms with Crippen LogP contribution in [0.5, 0.6) is 5.75 Å². The number of hydrogen-bond donors (Lipinski definition) is 0. The maximum Gasteiger partial charge on any atom is 0.417 e. The number of piperazine rings is 1. The molecular formula is C24H20F4N4O. The highest BCUT2D eigenvalue weighted by atomic mass is 19.4. The van der Waals surface area contributed by atoms with E-state index in [1.807, 2.05) is 17.0 Å². The van der Waals surface area contributed by atoms with Gasteiger partial charge in [0.1, 0.15) is 29.8 Å². The normalized spacial score (nSPS) is 13.9. The van der Waals surface area contributed by atoms with E-state index >= 15 is 0 Å². The van der Waals surface area contributed by atoms with Crippen molar-refractivity contribution in [1.82, 2.24) is 9.97 Å². The molecular weight excluding hydrogens is 436 g/mol. The molecule has 0 atom stereocenters. The third kappa shape index (κ3) is 5.92. The van der Waals surface area contributed by atoms with E-state index in [1.165, 1.54) is 18.2 Å². The van der Waals surface area contributed by atoms with Gasteiger partial charge in [0.05, 0.1) is 5.56 Å². The zero-order chi connectivity index (χ0) is 23.3. The molecule has 33 heavy (non-hydrogen) atoms. The molecule has 3 aromatic rings. The number of anilines is 2. The zero-order valence-electron chi connectivity index (χ0n) is 17.5. The van der Waals surface area contributed by atoms with E-state index in [-0.39, 0.29) is 12.4 Å². The van der Waals surface area contributed by atoms with Gasteiger partial charge in [-0.3, -0.25) is 0 Å². The standard InChI is InChI=1S/C24H20F4N4O/c25-20-5-7-21(8-6-20)33-15-1-2-18-3-9-22(29-16-18)31-11-13-32(14-12-31)23-10-4-19(17-30-23)24(26,27)28/h3-10,16-17H,11-15H2. The Morgan fingerprint density at radius 2 is 1.42 bits per heavy atom. The number of alkyl halides is 3. The molecule has 170 valence electrons. The fourth-order valence-electron chi connectivity index (χ4n) is 3.34. The predicted octanol–water partition coefficient (Wildman–Crippen LogP) is 4.39. The highest BCUT2D eigenvalue weighted by Gasteiger charge is 2.31. The summed E-state index contributed by atoms with van der Waals surface area (Å²) in [6.45, 7) is 2.77. The van der Waals surface area contributed by atoms with Crippen LogP contribution in [0.15, 0.2) is 60.9 Å². The van der Waals surface area contributed by atoms with Gasteiger partial charge in [0.15, 0.2) is 0 Å². The quantitative estimate of drug-likeness (QED) is 0.430. The first-order chi connectivity index (χ1) is 15.9. The Kier molecular flexibility index (Phi) is 6.63. The topological polar surface area (TPSA) is 41.5 Å². The van der Waals surface area contributed by atoms with Gasteiger partial charge in [0, 0.05) is 44.1 Å². The summed E-state index contributed by atoms with van der Waals surface area (Å²) >= 11 is 0. The minimum atomic E-state index is -4.39. The Labute approximate surface area is 188 Å². The molecule has 1 fully saturated rings. The molecule has 1 aliphatic rings. The number of nitrogens with zero attached hydrogens (tertiary/aromatic N) is 4. The molecule has 1 saturated heterocycles. The molecule has 1 aromatic carbocycles. The van der Waals surface area contributed by atoms with E-state index in [0.717, 1.165) is 23.6 Å². The molecule has 2 aromatic heterocycles. The Balaban J connectivity index is 1.27. The molecule has 1 aliphatic heterocycles. The molecule has 0 aliphatic carbocycles. The van der Waals surface area contributed by atoms with Gasteiger partial charge in [-0.15, -0.1) is 0 Å². The maximum absolute atomic E-state index is 12.9. The number of pyridine rings is 2. The second kappa shape index (κ2) is 9.77. The first kappa shape index (κ1) is 22.4. The van der Waals surface area contributed by atoms with Crippen molar-refractivity contribution in [1.29, 1.82) is 0 Å². The van der Waals surface area contributed by atoms with Crippen molar-refractivity contribution in [2.45, 2.75) is 6.18 Å². The second-order valence-corrected chi connectivity index (χ2v) is 7.33. The summed E-state index contributed by atoms with van der Waals surface area (Å²) in [7, 11) is 0. The van der Waals surface area contributed by atoms with Crippen molar-refractivity contribution in [2.75, 3.05) is 42.6 Å². The van der Waals surface area contributed by atoms with Crippen molar-refractivity contribution in [3.05, 3.63) is 77.9 Å². The third-order valence-corrected chi connectivity index (χ3v) is 5.11. The minimum Gasteiger partial charge on any atom is -0.481 e. The van der Waals surface area contributed by atoms with Crippen LogP contribution in [-0.2, 0) is 6.18 Å². The Morgan fingerprint density at radius 1 is 0.818 bits per heavy atom. The van der Waals surface area contributed by atoms with Crippen LogP contribution < -0.4 is 14.5 Å². The highest BCUT2D eigenvalue weighted by Crippen LogP contribution is 2.29. The minimum absolute atomic E-state index is 0.174. The van der Waals surface area contributed by atoms with Crippen molar-refractivity contribution in [3.8, 4) is 17.6 Å². The molecule has 0 amide bonds. The van der Waals surface area contributed by atoms with Gasteiger partial charge in [-0.25, -0.2) is 14.4 Å².